The summed E-state index contributed by atoms with van der Waals surface area (Å²) in [6.07, 6.45) is 1.44. The molecule has 8 heteroatoms. The maximum atomic E-state index is 11.6. The molecule has 0 spiro atoms. The second-order valence-electron chi connectivity index (χ2n) is 5.35. The zero-order valence-electron chi connectivity index (χ0n) is 12.3. The van der Waals surface area contributed by atoms with Crippen LogP contribution in [-0.2, 0) is 15.3 Å². The van der Waals surface area contributed by atoms with Crippen molar-refractivity contribution in [2.75, 3.05) is 5.75 Å². The molecule has 1 rings (SSSR count). The number of thioether (sulfide) groups is 1. The summed E-state index contributed by atoms with van der Waals surface area (Å²) >= 11 is 3.18. The number of carboxylic acids is 1. The Morgan fingerprint density at radius 1 is 1.52 bits per heavy atom. The van der Waals surface area contributed by atoms with Crippen molar-refractivity contribution < 1.29 is 19.4 Å². The molecule has 0 aromatic carbocycles. The van der Waals surface area contributed by atoms with Crippen LogP contribution in [0.3, 0.4) is 0 Å². The number of alkyl carbamates (subject to hydrolysis) is 1. The Balaban J connectivity index is 2.32. The first kappa shape index (κ1) is 17.8. The molecule has 0 saturated heterocycles. The fourth-order valence-corrected chi connectivity index (χ4v) is 3.12. The van der Waals surface area contributed by atoms with Gasteiger partial charge in [0.15, 0.2) is 0 Å². The van der Waals surface area contributed by atoms with Gasteiger partial charge < -0.3 is 15.2 Å². The van der Waals surface area contributed by atoms with E-state index < -0.39 is 23.7 Å². The van der Waals surface area contributed by atoms with Crippen LogP contribution in [0.15, 0.2) is 11.7 Å². The quantitative estimate of drug-likeness (QED) is 0.746. The number of amides is 1. The van der Waals surface area contributed by atoms with Crippen LogP contribution < -0.4 is 5.32 Å². The van der Waals surface area contributed by atoms with Crippen molar-refractivity contribution in [1.29, 1.82) is 0 Å². The van der Waals surface area contributed by atoms with Crippen LogP contribution in [0.25, 0.3) is 0 Å². The summed E-state index contributed by atoms with van der Waals surface area (Å²) < 4.78 is 5.06. The smallest absolute Gasteiger partial charge is 0.408 e. The maximum absolute atomic E-state index is 11.6. The van der Waals surface area contributed by atoms with Crippen molar-refractivity contribution in [2.45, 2.75) is 44.6 Å². The number of nitrogens with zero attached hydrogens (tertiary/aromatic N) is 1. The number of hydrogen-bond donors (Lipinski definition) is 2. The van der Waals surface area contributed by atoms with Gasteiger partial charge in [-0.1, -0.05) is 0 Å². The van der Waals surface area contributed by atoms with Crippen LogP contribution in [-0.4, -0.2) is 39.5 Å². The summed E-state index contributed by atoms with van der Waals surface area (Å²) in [5, 5.41) is 11.5. The fraction of sp³-hybridized carbons (Fsp3) is 0.615. The third kappa shape index (κ3) is 7.91. The van der Waals surface area contributed by atoms with E-state index in [-0.39, 0.29) is 0 Å². The zero-order valence-corrected chi connectivity index (χ0v) is 13.9. The molecule has 21 heavy (non-hydrogen) atoms. The molecule has 1 heterocycles. The van der Waals surface area contributed by atoms with E-state index in [4.69, 9.17) is 9.84 Å². The summed E-state index contributed by atoms with van der Waals surface area (Å²) in [5.74, 6) is 0.368. The number of thiazole rings is 1. The van der Waals surface area contributed by atoms with Gasteiger partial charge in [-0.25, -0.2) is 9.59 Å². The lowest BCUT2D eigenvalue weighted by Gasteiger charge is -2.21. The van der Waals surface area contributed by atoms with Crippen molar-refractivity contribution in [3.8, 4) is 0 Å². The van der Waals surface area contributed by atoms with Crippen LogP contribution in [0.4, 0.5) is 4.79 Å². The lowest BCUT2D eigenvalue weighted by Crippen LogP contribution is -2.43. The number of hydrogen-bond acceptors (Lipinski definition) is 6. The predicted molar refractivity (Wildman–Crippen MR) is 83.7 cm³/mol. The van der Waals surface area contributed by atoms with Crippen molar-refractivity contribution in [3.05, 3.63) is 16.6 Å². The Hall–Kier alpha value is -1.28. The molecule has 0 bridgehead atoms. The standard InChI is InChI=1S/C13H20N2O4S2/c1-13(2,3)19-12(18)15-10(11(16)17)4-5-20-7-9-6-14-8-21-9/h6,8,10H,4-5,7H2,1-3H3,(H,15,18)(H,16,17). The van der Waals surface area contributed by atoms with Gasteiger partial charge in [0.2, 0.25) is 0 Å². The van der Waals surface area contributed by atoms with E-state index in [0.717, 1.165) is 10.6 Å². The van der Waals surface area contributed by atoms with E-state index >= 15 is 0 Å². The van der Waals surface area contributed by atoms with E-state index in [1.165, 1.54) is 0 Å². The number of carboxylic acid groups (broad SMARTS) is 1. The zero-order chi connectivity index (χ0) is 15.9. The second kappa shape index (κ2) is 8.23. The number of carbonyl (C=O) groups is 2. The monoisotopic (exact) mass is 332 g/mol. The van der Waals surface area contributed by atoms with Crippen molar-refractivity contribution in [3.63, 3.8) is 0 Å². The first-order valence-corrected chi connectivity index (χ1v) is 8.49. The van der Waals surface area contributed by atoms with Crippen molar-refractivity contribution in [1.82, 2.24) is 10.3 Å². The molecule has 0 aliphatic heterocycles. The number of nitrogens with one attached hydrogen (secondary N) is 1. The average molecular weight is 332 g/mol. The number of rotatable bonds is 7. The molecule has 1 aromatic rings. The third-order valence-corrected chi connectivity index (χ3v) is 4.27. The Bertz CT molecular complexity index is 457. The van der Waals surface area contributed by atoms with E-state index in [1.807, 2.05) is 0 Å². The molecule has 1 aromatic heterocycles. The topological polar surface area (TPSA) is 88.5 Å². The van der Waals surface area contributed by atoms with Crippen molar-refractivity contribution in [2.24, 2.45) is 0 Å². The van der Waals surface area contributed by atoms with Gasteiger partial charge in [-0.2, -0.15) is 11.8 Å². The molecule has 1 atom stereocenters. The second-order valence-corrected chi connectivity index (χ2v) is 7.42. The number of aromatic nitrogens is 1. The molecule has 1 unspecified atom stereocenters. The minimum atomic E-state index is -1.06. The van der Waals surface area contributed by atoms with Gasteiger partial charge >= 0.3 is 12.1 Å². The summed E-state index contributed by atoms with van der Waals surface area (Å²) in [6.45, 7) is 5.19. The Labute approximate surface area is 132 Å². The number of ether oxygens (including phenoxy) is 1. The van der Waals surface area contributed by atoms with Crippen LogP contribution >= 0.6 is 23.1 Å². The van der Waals surface area contributed by atoms with Gasteiger partial charge in [-0.05, 0) is 32.9 Å². The lowest BCUT2D eigenvalue weighted by molar-refractivity contribution is -0.139. The van der Waals surface area contributed by atoms with Gasteiger partial charge in [0.25, 0.3) is 0 Å². The highest BCUT2D eigenvalue weighted by Crippen LogP contribution is 2.17. The van der Waals surface area contributed by atoms with E-state index in [9.17, 15) is 9.59 Å². The Morgan fingerprint density at radius 3 is 2.76 bits per heavy atom. The molecule has 0 radical (unpaired) electrons. The highest BCUT2D eigenvalue weighted by Gasteiger charge is 2.23. The van der Waals surface area contributed by atoms with E-state index in [1.54, 1.807) is 55.6 Å². The van der Waals surface area contributed by atoms with E-state index in [2.05, 4.69) is 10.3 Å². The Kier molecular flexibility index (Phi) is 6.97. The maximum Gasteiger partial charge on any atom is 0.408 e. The number of carbonyl (C=O) groups excluding carboxylic acids is 1. The van der Waals surface area contributed by atoms with Gasteiger partial charge in [0.1, 0.15) is 11.6 Å². The van der Waals surface area contributed by atoms with Crippen molar-refractivity contribution >= 4 is 35.2 Å². The third-order valence-electron chi connectivity index (χ3n) is 2.27. The minimum absolute atomic E-state index is 0.345. The summed E-state index contributed by atoms with van der Waals surface area (Å²) in [5.41, 5.74) is 1.12. The largest absolute Gasteiger partial charge is 0.480 e. The SMILES string of the molecule is CC(C)(C)OC(=O)NC(CCSCc1cncs1)C(=O)O. The summed E-state index contributed by atoms with van der Waals surface area (Å²) in [7, 11) is 0. The Morgan fingerprint density at radius 2 is 2.24 bits per heavy atom. The molecule has 2 N–H and O–H groups in total. The molecule has 0 fully saturated rings. The highest BCUT2D eigenvalue weighted by atomic mass is 32.2. The molecular weight excluding hydrogens is 312 g/mol. The van der Waals surface area contributed by atoms with Crippen LogP contribution in [0.5, 0.6) is 0 Å². The molecular formula is C13H20N2O4S2. The fourth-order valence-electron chi connectivity index (χ4n) is 1.39. The van der Waals surface area contributed by atoms with Gasteiger partial charge in [-0.3, -0.25) is 4.98 Å². The molecule has 6 nitrogen and oxygen atoms in total. The van der Waals surface area contributed by atoms with Crippen LogP contribution in [0.2, 0.25) is 0 Å². The van der Waals surface area contributed by atoms with E-state index in [0.29, 0.717) is 12.2 Å². The van der Waals surface area contributed by atoms with Gasteiger partial charge in [-0.15, -0.1) is 11.3 Å². The normalized spacial score (nSPS) is 12.7. The average Bonchev–Trinajstić information content (AvgIpc) is 2.83. The molecule has 0 aliphatic carbocycles. The highest BCUT2D eigenvalue weighted by molar-refractivity contribution is 7.98. The molecule has 118 valence electrons. The lowest BCUT2D eigenvalue weighted by atomic mass is 10.2. The molecule has 1 amide bonds. The predicted octanol–water partition coefficient (Wildman–Crippen LogP) is 2.74. The van der Waals surface area contributed by atoms with Crippen LogP contribution in [0.1, 0.15) is 32.1 Å². The molecule has 0 aliphatic rings. The van der Waals surface area contributed by atoms with Crippen LogP contribution in [0, 0.1) is 0 Å². The van der Waals surface area contributed by atoms with Gasteiger partial charge in [0, 0.05) is 16.8 Å². The first-order valence-electron chi connectivity index (χ1n) is 6.45. The minimum Gasteiger partial charge on any atom is -0.480 e. The number of aliphatic carboxylic acids is 1. The summed E-state index contributed by atoms with van der Waals surface area (Å²) in [4.78, 5) is 27.8. The summed E-state index contributed by atoms with van der Waals surface area (Å²) in [6, 6.07) is -0.936. The van der Waals surface area contributed by atoms with Gasteiger partial charge in [0.05, 0.1) is 5.51 Å². The molecule has 0 saturated carbocycles. The first-order chi connectivity index (χ1) is 9.78.